The molecule has 0 unspecified atom stereocenters. The number of anilines is 2. The first-order valence-electron chi connectivity index (χ1n) is 9.78. The maximum atomic E-state index is 4.73. The summed E-state index contributed by atoms with van der Waals surface area (Å²) in [7, 11) is 1.91. The molecule has 0 bridgehead atoms. The molecule has 0 aliphatic carbocycles. The van der Waals surface area contributed by atoms with Crippen molar-refractivity contribution in [1.82, 2.24) is 19.9 Å². The minimum Gasteiger partial charge on any atom is -0.388 e. The highest BCUT2D eigenvalue weighted by atomic mass is 15.1. The maximum absolute atomic E-state index is 4.73. The van der Waals surface area contributed by atoms with Gasteiger partial charge in [0.05, 0.1) is 29.0 Å². The molecule has 2 N–H and O–H groups in total. The largest absolute Gasteiger partial charge is 0.388 e. The van der Waals surface area contributed by atoms with E-state index in [1.54, 1.807) is 12.4 Å². The van der Waals surface area contributed by atoms with Crippen molar-refractivity contribution in [2.24, 2.45) is 0 Å². The first kappa shape index (κ1) is 18.0. The molecule has 6 nitrogen and oxygen atoms in total. The minimum absolute atomic E-state index is 0.550. The Morgan fingerprint density at radius 3 is 2.60 bits per heavy atom. The third-order valence-electron chi connectivity index (χ3n) is 5.02. The molecule has 0 amide bonds. The van der Waals surface area contributed by atoms with Crippen LogP contribution in [0.1, 0.15) is 5.69 Å². The van der Waals surface area contributed by atoms with Crippen molar-refractivity contribution in [2.75, 3.05) is 17.7 Å². The highest BCUT2D eigenvalue weighted by Crippen LogP contribution is 2.23. The molecule has 146 valence electrons. The van der Waals surface area contributed by atoms with Gasteiger partial charge in [-0.05, 0) is 48.5 Å². The zero-order valence-corrected chi connectivity index (χ0v) is 16.5. The standard InChI is InChI=1S/C24H20N6/c1-25-19-7-9-22-18(14-19)4-6-20(29-22)15-28-24-27-12-10-23(30-24)17-5-8-21-16(13-17)3-2-11-26-21/h2-14,25H,15H2,1H3,(H,27,28,30). The van der Waals surface area contributed by atoms with Gasteiger partial charge < -0.3 is 10.6 Å². The number of nitrogens with zero attached hydrogens (tertiary/aromatic N) is 4. The first-order chi connectivity index (χ1) is 14.8. The fourth-order valence-electron chi connectivity index (χ4n) is 3.43. The van der Waals surface area contributed by atoms with Crippen LogP contribution in [0.25, 0.3) is 33.1 Å². The van der Waals surface area contributed by atoms with E-state index in [-0.39, 0.29) is 0 Å². The van der Waals surface area contributed by atoms with Gasteiger partial charge in [0.1, 0.15) is 0 Å². The smallest absolute Gasteiger partial charge is 0.223 e. The van der Waals surface area contributed by atoms with Crippen LogP contribution in [0.2, 0.25) is 0 Å². The SMILES string of the molecule is CNc1ccc2nc(CNc3nccc(-c4ccc5ncccc5c4)n3)ccc2c1. The number of benzene rings is 2. The summed E-state index contributed by atoms with van der Waals surface area (Å²) in [5, 5.41) is 8.63. The molecule has 0 spiro atoms. The van der Waals surface area contributed by atoms with E-state index < -0.39 is 0 Å². The predicted molar refractivity (Wildman–Crippen MR) is 121 cm³/mol. The highest BCUT2D eigenvalue weighted by molar-refractivity contribution is 5.84. The second-order valence-corrected chi connectivity index (χ2v) is 6.99. The Balaban J connectivity index is 1.36. The van der Waals surface area contributed by atoms with Gasteiger partial charge in [-0.25, -0.2) is 9.97 Å². The van der Waals surface area contributed by atoms with Crippen LogP contribution in [-0.2, 0) is 6.54 Å². The van der Waals surface area contributed by atoms with Crippen molar-refractivity contribution >= 4 is 33.4 Å². The van der Waals surface area contributed by atoms with E-state index in [1.807, 2.05) is 49.5 Å². The van der Waals surface area contributed by atoms with Gasteiger partial charge in [0, 0.05) is 41.5 Å². The fraction of sp³-hybridized carbons (Fsp3) is 0.0833. The number of pyridine rings is 2. The molecule has 0 radical (unpaired) electrons. The van der Waals surface area contributed by atoms with E-state index in [9.17, 15) is 0 Å². The third kappa shape index (κ3) is 3.63. The molecule has 6 heteroatoms. The number of fused-ring (bicyclic) bond motifs is 2. The van der Waals surface area contributed by atoms with E-state index in [0.717, 1.165) is 44.4 Å². The Bertz CT molecular complexity index is 1350. The Morgan fingerprint density at radius 2 is 1.67 bits per heavy atom. The van der Waals surface area contributed by atoms with Gasteiger partial charge in [0.15, 0.2) is 0 Å². The lowest BCUT2D eigenvalue weighted by Gasteiger charge is -2.08. The highest BCUT2D eigenvalue weighted by Gasteiger charge is 2.05. The van der Waals surface area contributed by atoms with Crippen molar-refractivity contribution in [2.45, 2.75) is 6.54 Å². The van der Waals surface area contributed by atoms with Gasteiger partial charge in [0.2, 0.25) is 5.95 Å². The second kappa shape index (κ2) is 7.75. The van der Waals surface area contributed by atoms with Gasteiger partial charge >= 0.3 is 0 Å². The molecule has 3 heterocycles. The van der Waals surface area contributed by atoms with Crippen LogP contribution in [0, 0.1) is 0 Å². The summed E-state index contributed by atoms with van der Waals surface area (Å²) in [6.07, 6.45) is 3.57. The van der Waals surface area contributed by atoms with E-state index in [1.165, 1.54) is 0 Å². The van der Waals surface area contributed by atoms with Crippen molar-refractivity contribution < 1.29 is 0 Å². The summed E-state index contributed by atoms with van der Waals surface area (Å²) >= 11 is 0. The van der Waals surface area contributed by atoms with Crippen molar-refractivity contribution in [3.05, 3.63) is 84.8 Å². The normalized spacial score (nSPS) is 11.0. The minimum atomic E-state index is 0.550. The zero-order chi connectivity index (χ0) is 20.3. The van der Waals surface area contributed by atoms with Crippen LogP contribution in [-0.4, -0.2) is 27.0 Å². The van der Waals surface area contributed by atoms with Gasteiger partial charge in [-0.1, -0.05) is 18.2 Å². The van der Waals surface area contributed by atoms with Crippen molar-refractivity contribution in [1.29, 1.82) is 0 Å². The van der Waals surface area contributed by atoms with Crippen molar-refractivity contribution in [3.63, 3.8) is 0 Å². The molecule has 0 aliphatic rings. The third-order valence-corrected chi connectivity index (χ3v) is 5.02. The molecule has 2 aromatic carbocycles. The topological polar surface area (TPSA) is 75.6 Å². The van der Waals surface area contributed by atoms with Gasteiger partial charge in [-0.3, -0.25) is 9.97 Å². The number of nitrogens with one attached hydrogen (secondary N) is 2. The lowest BCUT2D eigenvalue weighted by Crippen LogP contribution is -2.05. The summed E-state index contributed by atoms with van der Waals surface area (Å²) in [5.74, 6) is 0.575. The summed E-state index contributed by atoms with van der Waals surface area (Å²) in [4.78, 5) is 18.1. The number of aromatic nitrogens is 4. The number of hydrogen-bond donors (Lipinski definition) is 2. The molecule has 5 rings (SSSR count). The maximum Gasteiger partial charge on any atom is 0.223 e. The van der Waals surface area contributed by atoms with Gasteiger partial charge in [0.25, 0.3) is 0 Å². The van der Waals surface area contributed by atoms with Crippen LogP contribution in [0.3, 0.4) is 0 Å². The fourth-order valence-corrected chi connectivity index (χ4v) is 3.43. The predicted octanol–water partition coefficient (Wildman–Crippen LogP) is 4.89. The van der Waals surface area contributed by atoms with Crippen LogP contribution >= 0.6 is 0 Å². The van der Waals surface area contributed by atoms with Crippen LogP contribution < -0.4 is 10.6 Å². The van der Waals surface area contributed by atoms with Crippen LogP contribution in [0.15, 0.2) is 79.1 Å². The van der Waals surface area contributed by atoms with E-state index in [0.29, 0.717) is 12.5 Å². The average Bonchev–Trinajstić information content (AvgIpc) is 2.82. The molecule has 5 aromatic rings. The molecule has 0 saturated carbocycles. The number of rotatable bonds is 5. The van der Waals surface area contributed by atoms with E-state index in [2.05, 4.69) is 49.9 Å². The number of hydrogen-bond acceptors (Lipinski definition) is 6. The quantitative estimate of drug-likeness (QED) is 0.443. The molecule has 0 fully saturated rings. The van der Waals surface area contributed by atoms with Crippen molar-refractivity contribution in [3.8, 4) is 11.3 Å². The monoisotopic (exact) mass is 392 g/mol. The van der Waals surface area contributed by atoms with Crippen LogP contribution in [0.5, 0.6) is 0 Å². The van der Waals surface area contributed by atoms with E-state index >= 15 is 0 Å². The summed E-state index contributed by atoms with van der Waals surface area (Å²) in [6.45, 7) is 0.550. The summed E-state index contributed by atoms with van der Waals surface area (Å²) < 4.78 is 0. The molecule has 3 aromatic heterocycles. The molecular formula is C24H20N6. The van der Waals surface area contributed by atoms with E-state index in [4.69, 9.17) is 4.98 Å². The lowest BCUT2D eigenvalue weighted by atomic mass is 10.1. The molecule has 30 heavy (non-hydrogen) atoms. The summed E-state index contributed by atoms with van der Waals surface area (Å²) in [5.41, 5.74) is 5.84. The molecular weight excluding hydrogens is 372 g/mol. The van der Waals surface area contributed by atoms with Gasteiger partial charge in [-0.15, -0.1) is 0 Å². The summed E-state index contributed by atoms with van der Waals surface area (Å²) in [6, 6.07) is 22.3. The molecule has 0 saturated heterocycles. The molecule has 0 aliphatic heterocycles. The Morgan fingerprint density at radius 1 is 0.767 bits per heavy atom. The lowest BCUT2D eigenvalue weighted by molar-refractivity contribution is 1.02. The zero-order valence-electron chi connectivity index (χ0n) is 16.5. The Kier molecular flexibility index (Phi) is 4.65. The van der Waals surface area contributed by atoms with Gasteiger partial charge in [-0.2, -0.15) is 0 Å². The Hall–Kier alpha value is -4.06. The Labute approximate surface area is 174 Å². The first-order valence-corrected chi connectivity index (χ1v) is 9.78. The average molecular weight is 392 g/mol. The second-order valence-electron chi connectivity index (χ2n) is 6.99. The molecule has 0 atom stereocenters. The van der Waals surface area contributed by atoms with Crippen LogP contribution in [0.4, 0.5) is 11.6 Å².